The molecule has 1 heterocycles. The fourth-order valence-corrected chi connectivity index (χ4v) is 5.20. The Bertz CT molecular complexity index is 944. The lowest BCUT2D eigenvalue weighted by Gasteiger charge is -2.18. The standard InChI is InChI=1S/C18H18ClNO5S/c19-16-5-4-14(18(22)23)10-17(16)26(24,25)20-7-6-13(11-20)8-12-2-1-3-15(21)9-12/h1-5,9-10,13,21H,6-8,11H2,(H,22,23). The molecule has 2 aromatic carbocycles. The SMILES string of the molecule is O=C(O)c1ccc(Cl)c(S(=O)(=O)N2CCC(Cc3cccc(O)c3)C2)c1. The van der Waals surface area contributed by atoms with Crippen LogP contribution in [0.15, 0.2) is 47.4 Å². The number of benzene rings is 2. The molecule has 1 fully saturated rings. The first-order valence-electron chi connectivity index (χ1n) is 8.08. The summed E-state index contributed by atoms with van der Waals surface area (Å²) >= 11 is 6.02. The quantitative estimate of drug-likeness (QED) is 0.811. The van der Waals surface area contributed by atoms with Gasteiger partial charge in [0.05, 0.1) is 10.6 Å². The van der Waals surface area contributed by atoms with Crippen LogP contribution >= 0.6 is 11.6 Å². The van der Waals surface area contributed by atoms with Crippen LogP contribution < -0.4 is 0 Å². The van der Waals surface area contributed by atoms with Gasteiger partial charge in [-0.25, -0.2) is 13.2 Å². The van der Waals surface area contributed by atoms with E-state index in [2.05, 4.69) is 0 Å². The lowest BCUT2D eigenvalue weighted by atomic mass is 9.99. The van der Waals surface area contributed by atoms with Crippen LogP contribution in [0.3, 0.4) is 0 Å². The van der Waals surface area contributed by atoms with Gasteiger partial charge in [0.15, 0.2) is 0 Å². The Morgan fingerprint density at radius 3 is 2.69 bits per heavy atom. The Kier molecular flexibility index (Phi) is 5.22. The molecule has 0 aromatic heterocycles. The number of phenols is 1. The van der Waals surface area contributed by atoms with Gasteiger partial charge in [0.25, 0.3) is 0 Å². The molecular formula is C18H18ClNO5S. The second kappa shape index (κ2) is 7.26. The summed E-state index contributed by atoms with van der Waals surface area (Å²) in [4.78, 5) is 10.9. The molecule has 0 amide bonds. The van der Waals surface area contributed by atoms with E-state index in [0.29, 0.717) is 25.9 Å². The third-order valence-corrected chi connectivity index (χ3v) is 6.83. The molecule has 2 aromatic rings. The molecule has 3 rings (SSSR count). The Morgan fingerprint density at radius 2 is 2.00 bits per heavy atom. The van der Waals surface area contributed by atoms with E-state index in [9.17, 15) is 18.3 Å². The van der Waals surface area contributed by atoms with Gasteiger partial charge in [0, 0.05) is 13.1 Å². The van der Waals surface area contributed by atoms with E-state index in [1.807, 2.05) is 6.07 Å². The molecule has 1 unspecified atom stereocenters. The Labute approximate surface area is 156 Å². The molecule has 0 radical (unpaired) electrons. The van der Waals surface area contributed by atoms with Crippen molar-refractivity contribution in [1.29, 1.82) is 0 Å². The molecule has 138 valence electrons. The highest BCUT2D eigenvalue weighted by molar-refractivity contribution is 7.89. The van der Waals surface area contributed by atoms with Crippen molar-refractivity contribution in [1.82, 2.24) is 4.31 Å². The van der Waals surface area contributed by atoms with Crippen LogP contribution in [0.25, 0.3) is 0 Å². The molecule has 1 atom stereocenters. The normalized spacial score (nSPS) is 18.1. The number of sulfonamides is 1. The summed E-state index contributed by atoms with van der Waals surface area (Å²) in [6.45, 7) is 0.672. The van der Waals surface area contributed by atoms with Crippen molar-refractivity contribution in [3.63, 3.8) is 0 Å². The number of carboxylic acid groups (broad SMARTS) is 1. The van der Waals surface area contributed by atoms with E-state index in [1.54, 1.807) is 18.2 Å². The van der Waals surface area contributed by atoms with Crippen LogP contribution in [0, 0.1) is 5.92 Å². The third kappa shape index (κ3) is 3.85. The van der Waals surface area contributed by atoms with Gasteiger partial charge in [0.2, 0.25) is 10.0 Å². The first-order valence-corrected chi connectivity index (χ1v) is 9.90. The van der Waals surface area contributed by atoms with Crippen LogP contribution in [0.4, 0.5) is 0 Å². The number of hydrogen-bond donors (Lipinski definition) is 2. The molecule has 1 aliphatic rings. The van der Waals surface area contributed by atoms with Gasteiger partial charge in [0.1, 0.15) is 10.6 Å². The van der Waals surface area contributed by atoms with Gasteiger partial charge in [-0.15, -0.1) is 0 Å². The maximum absolute atomic E-state index is 12.9. The second-order valence-electron chi connectivity index (χ2n) is 6.34. The summed E-state index contributed by atoms with van der Waals surface area (Å²) in [5.41, 5.74) is 0.823. The van der Waals surface area contributed by atoms with Gasteiger partial charge in [-0.3, -0.25) is 0 Å². The Balaban J connectivity index is 1.79. The van der Waals surface area contributed by atoms with Gasteiger partial charge >= 0.3 is 5.97 Å². The van der Waals surface area contributed by atoms with Crippen molar-refractivity contribution >= 4 is 27.6 Å². The summed E-state index contributed by atoms with van der Waals surface area (Å²) < 4.78 is 27.1. The highest BCUT2D eigenvalue weighted by Gasteiger charge is 2.34. The number of rotatable bonds is 5. The molecule has 6 nitrogen and oxygen atoms in total. The molecule has 0 saturated carbocycles. The summed E-state index contributed by atoms with van der Waals surface area (Å²) in [7, 11) is -3.87. The van der Waals surface area contributed by atoms with Gasteiger partial charge < -0.3 is 10.2 Å². The van der Waals surface area contributed by atoms with Crippen molar-refractivity contribution in [2.75, 3.05) is 13.1 Å². The first-order chi connectivity index (χ1) is 12.3. The second-order valence-corrected chi connectivity index (χ2v) is 8.66. The molecule has 1 saturated heterocycles. The maximum atomic E-state index is 12.9. The van der Waals surface area contributed by atoms with Gasteiger partial charge in [-0.2, -0.15) is 4.31 Å². The minimum absolute atomic E-state index is 0.00596. The van der Waals surface area contributed by atoms with Gasteiger partial charge in [-0.05, 0) is 54.7 Å². The van der Waals surface area contributed by atoms with E-state index in [0.717, 1.165) is 11.6 Å². The van der Waals surface area contributed by atoms with E-state index in [-0.39, 0.29) is 27.1 Å². The Morgan fingerprint density at radius 1 is 1.23 bits per heavy atom. The summed E-state index contributed by atoms with van der Waals surface area (Å²) in [6, 6.07) is 10.6. The molecule has 0 spiro atoms. The fourth-order valence-electron chi connectivity index (χ4n) is 3.17. The number of hydrogen-bond acceptors (Lipinski definition) is 4. The van der Waals surface area contributed by atoms with Crippen molar-refractivity contribution in [3.05, 3.63) is 58.6 Å². The molecule has 1 aliphatic heterocycles. The van der Waals surface area contributed by atoms with E-state index < -0.39 is 16.0 Å². The summed E-state index contributed by atoms with van der Waals surface area (Å²) in [6.07, 6.45) is 1.34. The largest absolute Gasteiger partial charge is 0.508 e. The third-order valence-electron chi connectivity index (χ3n) is 4.48. The fraction of sp³-hybridized carbons (Fsp3) is 0.278. The van der Waals surface area contributed by atoms with Crippen molar-refractivity contribution in [2.24, 2.45) is 5.92 Å². The average Bonchev–Trinajstić information content (AvgIpc) is 3.04. The molecule has 26 heavy (non-hydrogen) atoms. The Hall–Kier alpha value is -2.09. The highest BCUT2D eigenvalue weighted by atomic mass is 35.5. The monoisotopic (exact) mass is 395 g/mol. The maximum Gasteiger partial charge on any atom is 0.335 e. The molecule has 0 bridgehead atoms. The average molecular weight is 396 g/mol. The number of nitrogens with zero attached hydrogens (tertiary/aromatic N) is 1. The van der Waals surface area contributed by atoms with Crippen molar-refractivity contribution < 1.29 is 23.4 Å². The lowest BCUT2D eigenvalue weighted by molar-refractivity contribution is 0.0696. The molecule has 0 aliphatic carbocycles. The van der Waals surface area contributed by atoms with Gasteiger partial charge in [-0.1, -0.05) is 23.7 Å². The van der Waals surface area contributed by atoms with E-state index in [4.69, 9.17) is 16.7 Å². The highest BCUT2D eigenvalue weighted by Crippen LogP contribution is 2.31. The van der Waals surface area contributed by atoms with Crippen LogP contribution in [-0.4, -0.2) is 42.0 Å². The number of carboxylic acids is 1. The van der Waals surface area contributed by atoms with Crippen LogP contribution in [0.1, 0.15) is 22.3 Å². The van der Waals surface area contributed by atoms with Crippen LogP contribution in [-0.2, 0) is 16.4 Å². The van der Waals surface area contributed by atoms with Crippen molar-refractivity contribution in [2.45, 2.75) is 17.7 Å². The van der Waals surface area contributed by atoms with Crippen molar-refractivity contribution in [3.8, 4) is 5.75 Å². The molecular weight excluding hydrogens is 378 g/mol. The molecule has 2 N–H and O–H groups in total. The number of aromatic carboxylic acids is 1. The number of halogens is 1. The van der Waals surface area contributed by atoms with Crippen LogP contribution in [0.2, 0.25) is 5.02 Å². The number of phenolic OH excluding ortho intramolecular Hbond substituents is 1. The summed E-state index contributed by atoms with van der Waals surface area (Å²) in [5, 5.41) is 18.6. The first kappa shape index (κ1) is 18.7. The van der Waals surface area contributed by atoms with E-state index >= 15 is 0 Å². The summed E-state index contributed by atoms with van der Waals surface area (Å²) in [5.74, 6) is -0.906. The van der Waals surface area contributed by atoms with E-state index in [1.165, 1.54) is 16.4 Å². The van der Waals surface area contributed by atoms with Crippen LogP contribution in [0.5, 0.6) is 5.75 Å². The lowest BCUT2D eigenvalue weighted by Crippen LogP contribution is -2.29. The minimum atomic E-state index is -3.87. The molecule has 8 heteroatoms. The predicted octanol–water partition coefficient (Wildman–Crippen LogP) is 3.00. The topological polar surface area (TPSA) is 94.9 Å². The number of carbonyl (C=O) groups is 1. The minimum Gasteiger partial charge on any atom is -0.508 e. The smallest absolute Gasteiger partial charge is 0.335 e. The predicted molar refractivity (Wildman–Crippen MR) is 97.1 cm³/mol. The number of aromatic hydroxyl groups is 1. The zero-order valence-corrected chi connectivity index (χ0v) is 15.4. The zero-order chi connectivity index (χ0) is 18.9. The zero-order valence-electron chi connectivity index (χ0n) is 13.8.